The van der Waals surface area contributed by atoms with E-state index in [1.165, 1.54) is 12.1 Å². The van der Waals surface area contributed by atoms with Crippen molar-refractivity contribution in [2.24, 2.45) is 0 Å². The lowest BCUT2D eigenvalue weighted by Gasteiger charge is -2.14. The van der Waals surface area contributed by atoms with Crippen molar-refractivity contribution in [1.29, 1.82) is 0 Å². The third kappa shape index (κ3) is 2.31. The summed E-state index contributed by atoms with van der Waals surface area (Å²) in [6, 6.07) is 6.21. The molecular weight excluding hydrogens is 259 g/mol. The third-order valence-corrected chi connectivity index (χ3v) is 3.71. The Morgan fingerprint density at radius 3 is 2.65 bits per heavy atom. The molecule has 3 rings (SSSR count). The van der Waals surface area contributed by atoms with Crippen molar-refractivity contribution in [3.63, 3.8) is 0 Å². The quantitative estimate of drug-likeness (QED) is 0.936. The van der Waals surface area contributed by atoms with Gasteiger partial charge in [-0.2, -0.15) is 5.10 Å². The van der Waals surface area contributed by atoms with Gasteiger partial charge in [0.1, 0.15) is 5.82 Å². The molecule has 0 saturated heterocycles. The summed E-state index contributed by atoms with van der Waals surface area (Å²) in [6.45, 7) is 0.482. The Morgan fingerprint density at radius 2 is 1.95 bits per heavy atom. The Labute approximate surface area is 115 Å². The van der Waals surface area contributed by atoms with Gasteiger partial charge in [-0.15, -0.1) is 0 Å². The zero-order valence-electron chi connectivity index (χ0n) is 11.0. The molecule has 1 heterocycles. The van der Waals surface area contributed by atoms with Gasteiger partial charge in [0.15, 0.2) is 5.69 Å². The van der Waals surface area contributed by atoms with Gasteiger partial charge in [-0.3, -0.25) is 4.68 Å². The Bertz CT molecular complexity index is 647. The molecule has 0 radical (unpaired) electrons. The summed E-state index contributed by atoms with van der Waals surface area (Å²) in [5, 5.41) is 13.5. The fraction of sp³-hybridized carbons (Fsp3) is 0.333. The van der Waals surface area contributed by atoms with Gasteiger partial charge in [0.05, 0.1) is 6.54 Å². The summed E-state index contributed by atoms with van der Waals surface area (Å²) in [6.07, 6.45) is 3.70. The summed E-state index contributed by atoms with van der Waals surface area (Å²) >= 11 is 0. The maximum absolute atomic E-state index is 12.9. The Morgan fingerprint density at radius 1 is 1.25 bits per heavy atom. The van der Waals surface area contributed by atoms with E-state index < -0.39 is 5.97 Å². The number of hydrogen-bond donors (Lipinski definition) is 1. The number of carboxylic acid groups (broad SMARTS) is 1. The maximum Gasteiger partial charge on any atom is 0.356 e. The van der Waals surface area contributed by atoms with Crippen molar-refractivity contribution in [3.8, 4) is 0 Å². The zero-order valence-corrected chi connectivity index (χ0v) is 11.0. The van der Waals surface area contributed by atoms with E-state index in [4.69, 9.17) is 0 Å². The van der Waals surface area contributed by atoms with E-state index in [-0.39, 0.29) is 11.5 Å². The van der Waals surface area contributed by atoms with Crippen LogP contribution in [-0.4, -0.2) is 20.9 Å². The number of hydrogen-bond acceptors (Lipinski definition) is 2. The Balaban J connectivity index is 1.97. The molecule has 2 aromatic rings. The van der Waals surface area contributed by atoms with Crippen LogP contribution in [0.15, 0.2) is 24.3 Å². The molecule has 1 N–H and O–H groups in total. The van der Waals surface area contributed by atoms with E-state index >= 15 is 0 Å². The van der Waals surface area contributed by atoms with Crippen molar-refractivity contribution in [1.82, 2.24) is 9.78 Å². The number of benzene rings is 1. The van der Waals surface area contributed by atoms with Crippen LogP contribution in [0.4, 0.5) is 4.39 Å². The first kappa shape index (κ1) is 12.8. The smallest absolute Gasteiger partial charge is 0.356 e. The average Bonchev–Trinajstić information content (AvgIpc) is 2.81. The van der Waals surface area contributed by atoms with E-state index in [2.05, 4.69) is 5.10 Å². The van der Waals surface area contributed by atoms with Gasteiger partial charge in [-0.05, 0) is 43.4 Å². The highest BCUT2D eigenvalue weighted by molar-refractivity contribution is 5.87. The number of rotatable bonds is 3. The van der Waals surface area contributed by atoms with Crippen molar-refractivity contribution in [2.45, 2.75) is 32.2 Å². The van der Waals surface area contributed by atoms with Crippen LogP contribution in [0.5, 0.6) is 0 Å². The second kappa shape index (κ2) is 5.07. The summed E-state index contributed by atoms with van der Waals surface area (Å²) in [7, 11) is 0. The molecule has 0 saturated carbocycles. The van der Waals surface area contributed by atoms with E-state index in [0.29, 0.717) is 6.54 Å². The van der Waals surface area contributed by atoms with Gasteiger partial charge in [0.2, 0.25) is 0 Å². The fourth-order valence-electron chi connectivity index (χ4n) is 2.74. The van der Waals surface area contributed by atoms with Crippen molar-refractivity contribution < 1.29 is 14.3 Å². The minimum absolute atomic E-state index is 0.168. The minimum atomic E-state index is -0.971. The van der Waals surface area contributed by atoms with Crippen molar-refractivity contribution >= 4 is 5.97 Å². The lowest BCUT2D eigenvalue weighted by molar-refractivity contribution is 0.0688. The van der Waals surface area contributed by atoms with Crippen LogP contribution >= 0.6 is 0 Å². The number of fused-ring (bicyclic) bond motifs is 1. The number of nitrogens with zero attached hydrogens (tertiary/aromatic N) is 2. The normalized spacial score (nSPS) is 14.1. The van der Waals surface area contributed by atoms with Crippen molar-refractivity contribution in [3.05, 3.63) is 52.6 Å². The molecule has 0 fully saturated rings. The fourth-order valence-corrected chi connectivity index (χ4v) is 2.74. The van der Waals surface area contributed by atoms with E-state index in [1.54, 1.807) is 16.8 Å². The molecule has 0 unspecified atom stereocenters. The second-order valence-corrected chi connectivity index (χ2v) is 5.07. The van der Waals surface area contributed by atoms with Crippen LogP contribution in [0, 0.1) is 5.82 Å². The van der Waals surface area contributed by atoms with Crippen LogP contribution in [0.25, 0.3) is 0 Å². The summed E-state index contributed by atoms with van der Waals surface area (Å²) in [5.74, 6) is -1.25. The van der Waals surface area contributed by atoms with Gasteiger partial charge in [0.25, 0.3) is 0 Å². The van der Waals surface area contributed by atoms with Crippen LogP contribution in [-0.2, 0) is 19.4 Å². The first-order valence-corrected chi connectivity index (χ1v) is 6.71. The van der Waals surface area contributed by atoms with Crippen LogP contribution < -0.4 is 0 Å². The molecule has 1 aliphatic rings. The predicted octanol–water partition coefficient (Wildman–Crippen LogP) is 2.65. The largest absolute Gasteiger partial charge is 0.476 e. The zero-order chi connectivity index (χ0) is 14.1. The number of carboxylic acids is 1. The molecular formula is C15H15FN2O2. The third-order valence-electron chi connectivity index (χ3n) is 3.71. The van der Waals surface area contributed by atoms with Gasteiger partial charge in [0, 0.05) is 11.3 Å². The van der Waals surface area contributed by atoms with Crippen LogP contribution in [0.3, 0.4) is 0 Å². The molecule has 5 heteroatoms. The second-order valence-electron chi connectivity index (χ2n) is 5.07. The molecule has 0 atom stereocenters. The first-order valence-electron chi connectivity index (χ1n) is 6.71. The van der Waals surface area contributed by atoms with Gasteiger partial charge < -0.3 is 5.11 Å². The average molecular weight is 274 g/mol. The number of halogens is 1. The van der Waals surface area contributed by atoms with Crippen LogP contribution in [0.2, 0.25) is 0 Å². The highest BCUT2D eigenvalue weighted by atomic mass is 19.1. The number of carbonyl (C=O) groups is 1. The van der Waals surface area contributed by atoms with Gasteiger partial charge in [-0.25, -0.2) is 9.18 Å². The molecule has 1 aromatic carbocycles. The molecule has 0 amide bonds. The molecule has 4 nitrogen and oxygen atoms in total. The molecule has 0 aliphatic heterocycles. The first-order chi connectivity index (χ1) is 9.65. The van der Waals surface area contributed by atoms with Crippen LogP contribution in [0.1, 0.15) is 40.2 Å². The van der Waals surface area contributed by atoms with Crippen molar-refractivity contribution in [2.75, 3.05) is 0 Å². The molecule has 0 bridgehead atoms. The SMILES string of the molecule is O=C(O)c1nn(Cc2ccc(F)cc2)c2c1CCCC2. The number of aromatic carboxylic acids is 1. The topological polar surface area (TPSA) is 55.1 Å². The molecule has 1 aromatic heterocycles. The molecule has 104 valence electrons. The molecule has 20 heavy (non-hydrogen) atoms. The van der Waals surface area contributed by atoms with E-state index in [9.17, 15) is 14.3 Å². The monoisotopic (exact) mass is 274 g/mol. The number of aromatic nitrogens is 2. The lowest BCUT2D eigenvalue weighted by atomic mass is 9.95. The lowest BCUT2D eigenvalue weighted by Crippen LogP contribution is -2.10. The Kier molecular flexibility index (Phi) is 3.26. The standard InChI is InChI=1S/C15H15FN2O2/c16-11-7-5-10(6-8-11)9-18-13-4-2-1-3-12(13)14(17-18)15(19)20/h5-8H,1-4,9H2,(H,19,20). The highest BCUT2D eigenvalue weighted by Crippen LogP contribution is 2.25. The molecule has 1 aliphatic carbocycles. The minimum Gasteiger partial charge on any atom is -0.476 e. The highest BCUT2D eigenvalue weighted by Gasteiger charge is 2.24. The van der Waals surface area contributed by atoms with Gasteiger partial charge >= 0.3 is 5.97 Å². The summed E-state index contributed by atoms with van der Waals surface area (Å²) in [5.41, 5.74) is 2.96. The molecule has 0 spiro atoms. The summed E-state index contributed by atoms with van der Waals surface area (Å²) in [4.78, 5) is 11.3. The summed E-state index contributed by atoms with van der Waals surface area (Å²) < 4.78 is 14.7. The maximum atomic E-state index is 12.9. The van der Waals surface area contributed by atoms with E-state index in [0.717, 1.165) is 42.5 Å². The van der Waals surface area contributed by atoms with Gasteiger partial charge in [-0.1, -0.05) is 12.1 Å². The van der Waals surface area contributed by atoms with E-state index in [1.807, 2.05) is 0 Å². The predicted molar refractivity (Wildman–Crippen MR) is 71.3 cm³/mol. The Hall–Kier alpha value is -2.17.